The number of nitrogens with zero attached hydrogens (tertiary/aromatic N) is 1. The first-order chi connectivity index (χ1) is 12.1. The molecule has 0 saturated heterocycles. The smallest absolute Gasteiger partial charge is 0.259 e. The summed E-state index contributed by atoms with van der Waals surface area (Å²) in [5.74, 6) is 0.292. The second-order valence-electron chi connectivity index (χ2n) is 6.00. The predicted octanol–water partition coefficient (Wildman–Crippen LogP) is 3.42. The van der Waals surface area contributed by atoms with Gasteiger partial charge in [-0.3, -0.25) is 9.59 Å². The summed E-state index contributed by atoms with van der Waals surface area (Å²) in [5, 5.41) is 3.45. The van der Waals surface area contributed by atoms with Crippen molar-refractivity contribution >= 4 is 27.5 Å². The summed E-state index contributed by atoms with van der Waals surface area (Å²) in [5.41, 5.74) is 1.82. The lowest BCUT2D eigenvalue weighted by atomic mass is 10.1. The minimum absolute atomic E-state index is 0.0898. The Bertz CT molecular complexity index is 944. The van der Waals surface area contributed by atoms with Crippen LogP contribution in [-0.4, -0.2) is 22.4 Å². The number of hydrogen-bond acceptors (Lipinski definition) is 4. The van der Waals surface area contributed by atoms with Crippen molar-refractivity contribution in [3.63, 3.8) is 0 Å². The molecule has 0 atom stereocenters. The maximum atomic E-state index is 12.5. The maximum Gasteiger partial charge on any atom is 0.259 e. The van der Waals surface area contributed by atoms with Crippen molar-refractivity contribution in [2.24, 2.45) is 0 Å². The molecular weight excluding hydrogens is 334 g/mol. The average Bonchev–Trinajstić information content (AvgIpc) is 2.93. The molecule has 5 nitrogen and oxygen atoms in total. The van der Waals surface area contributed by atoms with E-state index < -0.39 is 0 Å². The van der Waals surface area contributed by atoms with Gasteiger partial charge in [0.25, 0.3) is 5.56 Å². The normalized spacial score (nSPS) is 11.0. The van der Waals surface area contributed by atoms with Crippen molar-refractivity contribution in [3.8, 4) is 10.4 Å². The maximum absolute atomic E-state index is 12.5. The Morgan fingerprint density at radius 1 is 1.28 bits per heavy atom. The van der Waals surface area contributed by atoms with Crippen LogP contribution in [0.25, 0.3) is 20.7 Å². The van der Waals surface area contributed by atoms with E-state index >= 15 is 0 Å². The molecule has 3 rings (SSSR count). The Hall–Kier alpha value is -2.47. The van der Waals surface area contributed by atoms with Crippen molar-refractivity contribution in [2.75, 3.05) is 6.54 Å². The van der Waals surface area contributed by atoms with Crippen molar-refractivity contribution in [3.05, 3.63) is 52.1 Å². The summed E-state index contributed by atoms with van der Waals surface area (Å²) >= 11 is 1.49. The van der Waals surface area contributed by atoms with Crippen molar-refractivity contribution < 1.29 is 4.79 Å². The third kappa shape index (κ3) is 3.79. The van der Waals surface area contributed by atoms with E-state index in [1.807, 2.05) is 37.3 Å². The highest BCUT2D eigenvalue weighted by atomic mass is 32.1. The summed E-state index contributed by atoms with van der Waals surface area (Å²) in [6.07, 6.45) is 2.06. The van der Waals surface area contributed by atoms with Gasteiger partial charge in [-0.2, -0.15) is 0 Å². The second kappa shape index (κ2) is 7.61. The highest BCUT2D eigenvalue weighted by Gasteiger charge is 2.16. The van der Waals surface area contributed by atoms with Crippen LogP contribution >= 0.6 is 11.3 Å². The second-order valence-corrected chi connectivity index (χ2v) is 6.99. The number of aryl methyl sites for hydroxylation is 1. The highest BCUT2D eigenvalue weighted by Crippen LogP contribution is 2.35. The summed E-state index contributed by atoms with van der Waals surface area (Å²) in [6, 6.07) is 9.96. The van der Waals surface area contributed by atoms with Gasteiger partial charge in [0.05, 0.1) is 11.8 Å². The van der Waals surface area contributed by atoms with Crippen molar-refractivity contribution in [1.29, 1.82) is 0 Å². The number of carbonyl (C=O) groups is 1. The van der Waals surface area contributed by atoms with Crippen LogP contribution in [0.3, 0.4) is 0 Å². The fourth-order valence-corrected chi connectivity index (χ4v) is 3.96. The van der Waals surface area contributed by atoms with Gasteiger partial charge < -0.3 is 10.3 Å². The van der Waals surface area contributed by atoms with Crippen LogP contribution in [0.1, 0.15) is 31.2 Å². The van der Waals surface area contributed by atoms with Crippen LogP contribution < -0.4 is 10.9 Å². The zero-order valence-corrected chi connectivity index (χ0v) is 15.2. The van der Waals surface area contributed by atoms with Gasteiger partial charge >= 0.3 is 0 Å². The van der Waals surface area contributed by atoms with Gasteiger partial charge in [0.15, 0.2) is 0 Å². The molecule has 0 radical (unpaired) electrons. The fourth-order valence-electron chi connectivity index (χ4n) is 2.76. The zero-order valence-electron chi connectivity index (χ0n) is 14.4. The molecule has 0 bridgehead atoms. The molecule has 2 heterocycles. The number of unbranched alkanes of at least 4 members (excludes halogenated alkanes) is 1. The standard InChI is InChI=1S/C19H21N3O2S/c1-3-4-10-20-15(23)11-14-21-18(24)16-12(2)17(25-19(16)22-14)13-8-6-5-7-9-13/h5-9H,3-4,10-11H2,1-2H3,(H,20,23)(H,21,22,24). The quantitative estimate of drug-likeness (QED) is 0.665. The lowest BCUT2D eigenvalue weighted by Crippen LogP contribution is -2.27. The predicted molar refractivity (Wildman–Crippen MR) is 102 cm³/mol. The van der Waals surface area contributed by atoms with Crippen LogP contribution in [0.5, 0.6) is 0 Å². The molecule has 6 heteroatoms. The number of nitrogens with one attached hydrogen (secondary N) is 2. The number of fused-ring (bicyclic) bond motifs is 1. The molecule has 2 aromatic heterocycles. The SMILES string of the molecule is CCCCNC(=O)Cc1nc2sc(-c3ccccc3)c(C)c2c(=O)[nH]1. The molecule has 0 spiro atoms. The Labute approximate surface area is 150 Å². The summed E-state index contributed by atoms with van der Waals surface area (Å²) in [4.78, 5) is 33.4. The topological polar surface area (TPSA) is 74.8 Å². The number of benzene rings is 1. The molecule has 3 aromatic rings. The summed E-state index contributed by atoms with van der Waals surface area (Å²) in [6.45, 7) is 4.66. The number of aromatic nitrogens is 2. The van der Waals surface area contributed by atoms with Crippen LogP contribution in [0.15, 0.2) is 35.1 Å². The largest absolute Gasteiger partial charge is 0.356 e. The fraction of sp³-hybridized carbons (Fsp3) is 0.316. The van der Waals surface area contributed by atoms with Gasteiger partial charge in [-0.1, -0.05) is 43.7 Å². The first-order valence-corrected chi connectivity index (χ1v) is 9.26. The van der Waals surface area contributed by atoms with Crippen LogP contribution in [-0.2, 0) is 11.2 Å². The Morgan fingerprint density at radius 2 is 2.04 bits per heavy atom. The minimum atomic E-state index is -0.183. The molecule has 0 saturated carbocycles. The molecule has 0 unspecified atom stereocenters. The number of carbonyl (C=O) groups excluding carboxylic acids is 1. The van der Waals surface area contributed by atoms with Gasteiger partial charge in [-0.05, 0) is 24.5 Å². The first kappa shape index (κ1) is 17.4. The lowest BCUT2D eigenvalue weighted by molar-refractivity contribution is -0.120. The third-order valence-electron chi connectivity index (χ3n) is 4.07. The molecule has 25 heavy (non-hydrogen) atoms. The zero-order chi connectivity index (χ0) is 17.8. The monoisotopic (exact) mass is 355 g/mol. The van der Waals surface area contributed by atoms with Crippen molar-refractivity contribution in [2.45, 2.75) is 33.1 Å². The van der Waals surface area contributed by atoms with Gasteiger partial charge in [0, 0.05) is 11.4 Å². The number of amides is 1. The lowest BCUT2D eigenvalue weighted by Gasteiger charge is -2.03. The van der Waals surface area contributed by atoms with Crippen molar-refractivity contribution in [1.82, 2.24) is 15.3 Å². The molecule has 0 aliphatic carbocycles. The van der Waals surface area contributed by atoms with Crippen LogP contribution in [0.4, 0.5) is 0 Å². The van der Waals surface area contributed by atoms with Gasteiger partial charge in [0.1, 0.15) is 10.7 Å². The number of thiophene rings is 1. The molecule has 130 valence electrons. The van der Waals surface area contributed by atoms with Gasteiger partial charge in [-0.15, -0.1) is 11.3 Å². The molecule has 1 aromatic carbocycles. The van der Waals surface area contributed by atoms with Gasteiger partial charge in [-0.25, -0.2) is 4.98 Å². The van der Waals surface area contributed by atoms with Crippen LogP contribution in [0.2, 0.25) is 0 Å². The minimum Gasteiger partial charge on any atom is -0.356 e. The molecule has 0 aliphatic heterocycles. The number of aromatic amines is 1. The Kier molecular flexibility index (Phi) is 5.28. The van der Waals surface area contributed by atoms with Gasteiger partial charge in [0.2, 0.25) is 5.91 Å². The molecular formula is C19H21N3O2S. The average molecular weight is 355 g/mol. The Morgan fingerprint density at radius 3 is 2.76 bits per heavy atom. The number of rotatable bonds is 6. The van der Waals surface area contributed by atoms with E-state index in [-0.39, 0.29) is 17.9 Å². The van der Waals surface area contributed by atoms with E-state index in [1.165, 1.54) is 11.3 Å². The number of hydrogen-bond donors (Lipinski definition) is 2. The van der Waals surface area contributed by atoms with E-state index in [0.29, 0.717) is 22.6 Å². The highest BCUT2D eigenvalue weighted by molar-refractivity contribution is 7.22. The van der Waals surface area contributed by atoms with Crippen LogP contribution in [0, 0.1) is 6.92 Å². The molecule has 2 N–H and O–H groups in total. The number of H-pyrrole nitrogens is 1. The third-order valence-corrected chi connectivity index (χ3v) is 5.30. The first-order valence-electron chi connectivity index (χ1n) is 8.44. The summed E-state index contributed by atoms with van der Waals surface area (Å²) in [7, 11) is 0. The molecule has 0 fully saturated rings. The molecule has 0 aliphatic rings. The van der Waals surface area contributed by atoms with E-state index in [4.69, 9.17) is 0 Å². The van der Waals surface area contributed by atoms with E-state index in [0.717, 1.165) is 28.8 Å². The molecule has 1 amide bonds. The summed E-state index contributed by atoms with van der Waals surface area (Å²) < 4.78 is 0. The Balaban J connectivity index is 1.92. The van der Waals surface area contributed by atoms with E-state index in [1.54, 1.807) is 0 Å². The van der Waals surface area contributed by atoms with E-state index in [2.05, 4.69) is 22.2 Å². The van der Waals surface area contributed by atoms with E-state index in [9.17, 15) is 9.59 Å².